The number of nitrogen functional groups attached to an aromatic ring is 1. The fourth-order valence-electron chi connectivity index (χ4n) is 2.21. The zero-order chi connectivity index (χ0) is 12.4. The number of nitrogens with two attached hydrogens (primary N) is 1. The molecule has 0 atom stereocenters. The Hall–Kier alpha value is -1.00. The summed E-state index contributed by atoms with van der Waals surface area (Å²) in [5.74, 6) is -0.325. The second-order valence-corrected chi connectivity index (χ2v) is 4.82. The van der Waals surface area contributed by atoms with Crippen molar-refractivity contribution in [2.24, 2.45) is 0 Å². The third-order valence-electron chi connectivity index (χ3n) is 3.39. The standard InChI is InChI=1S/C13H20FN3.ClH/c1-10(2)16-5-7-17(8-6-16)11-3-4-13(15)12(14)9-11;/h3-4,9-10H,5-8,15H2,1-2H3;1H. The van der Waals surface area contributed by atoms with Gasteiger partial charge in [0.15, 0.2) is 0 Å². The van der Waals surface area contributed by atoms with Crippen molar-refractivity contribution in [3.05, 3.63) is 24.0 Å². The fraction of sp³-hybridized carbons (Fsp3) is 0.538. The van der Waals surface area contributed by atoms with Gasteiger partial charge in [-0.25, -0.2) is 4.39 Å². The van der Waals surface area contributed by atoms with Gasteiger partial charge in [0.25, 0.3) is 0 Å². The van der Waals surface area contributed by atoms with Gasteiger partial charge in [-0.15, -0.1) is 12.4 Å². The molecule has 0 amide bonds. The third-order valence-corrected chi connectivity index (χ3v) is 3.39. The first-order valence-corrected chi connectivity index (χ1v) is 6.12. The second-order valence-electron chi connectivity index (χ2n) is 4.82. The van der Waals surface area contributed by atoms with E-state index in [1.807, 2.05) is 6.07 Å². The van der Waals surface area contributed by atoms with Gasteiger partial charge in [0, 0.05) is 37.9 Å². The van der Waals surface area contributed by atoms with Crippen LogP contribution in [-0.4, -0.2) is 37.1 Å². The lowest BCUT2D eigenvalue weighted by molar-refractivity contribution is 0.209. The molecule has 0 bridgehead atoms. The van der Waals surface area contributed by atoms with Crippen LogP contribution in [0.5, 0.6) is 0 Å². The first-order valence-electron chi connectivity index (χ1n) is 6.12. The van der Waals surface area contributed by atoms with Crippen LogP contribution in [-0.2, 0) is 0 Å². The molecule has 5 heteroatoms. The first kappa shape index (κ1) is 15.1. The van der Waals surface area contributed by atoms with Crippen LogP contribution in [0.15, 0.2) is 18.2 Å². The zero-order valence-electron chi connectivity index (χ0n) is 10.9. The van der Waals surface area contributed by atoms with Crippen molar-refractivity contribution in [3.8, 4) is 0 Å². The Bertz CT molecular complexity index is 390. The quantitative estimate of drug-likeness (QED) is 0.840. The van der Waals surface area contributed by atoms with E-state index in [1.165, 1.54) is 6.07 Å². The average Bonchev–Trinajstić information content (AvgIpc) is 2.33. The molecular weight excluding hydrogens is 253 g/mol. The van der Waals surface area contributed by atoms with Crippen molar-refractivity contribution >= 4 is 23.8 Å². The summed E-state index contributed by atoms with van der Waals surface area (Å²) in [4.78, 5) is 4.64. The summed E-state index contributed by atoms with van der Waals surface area (Å²) in [6, 6.07) is 5.64. The Labute approximate surface area is 114 Å². The highest BCUT2D eigenvalue weighted by Crippen LogP contribution is 2.21. The van der Waals surface area contributed by atoms with E-state index >= 15 is 0 Å². The zero-order valence-corrected chi connectivity index (χ0v) is 11.7. The van der Waals surface area contributed by atoms with Gasteiger partial charge in [0.05, 0.1) is 5.69 Å². The fourth-order valence-corrected chi connectivity index (χ4v) is 2.21. The molecule has 1 aromatic carbocycles. The highest BCUT2D eigenvalue weighted by atomic mass is 35.5. The number of benzene rings is 1. The van der Waals surface area contributed by atoms with Crippen LogP contribution in [0.25, 0.3) is 0 Å². The van der Waals surface area contributed by atoms with Gasteiger partial charge < -0.3 is 10.6 Å². The van der Waals surface area contributed by atoms with Crippen LogP contribution >= 0.6 is 12.4 Å². The maximum absolute atomic E-state index is 13.4. The van der Waals surface area contributed by atoms with E-state index in [4.69, 9.17) is 5.73 Å². The summed E-state index contributed by atoms with van der Waals surface area (Å²) >= 11 is 0. The molecule has 0 unspecified atom stereocenters. The average molecular weight is 274 g/mol. The largest absolute Gasteiger partial charge is 0.396 e. The van der Waals surface area contributed by atoms with Gasteiger partial charge in [0.2, 0.25) is 0 Å². The van der Waals surface area contributed by atoms with E-state index in [0.717, 1.165) is 31.9 Å². The molecule has 0 radical (unpaired) electrons. The van der Waals surface area contributed by atoms with E-state index in [1.54, 1.807) is 6.07 Å². The van der Waals surface area contributed by atoms with Crippen LogP contribution in [0.2, 0.25) is 0 Å². The number of anilines is 2. The highest BCUT2D eigenvalue weighted by Gasteiger charge is 2.19. The van der Waals surface area contributed by atoms with Crippen molar-refractivity contribution < 1.29 is 4.39 Å². The van der Waals surface area contributed by atoms with Crippen LogP contribution in [0.1, 0.15) is 13.8 Å². The minimum atomic E-state index is -0.325. The lowest BCUT2D eigenvalue weighted by Gasteiger charge is -2.38. The lowest BCUT2D eigenvalue weighted by atomic mass is 10.2. The molecule has 0 aliphatic carbocycles. The molecule has 1 aromatic rings. The molecule has 102 valence electrons. The smallest absolute Gasteiger partial charge is 0.148 e. The molecule has 1 aliphatic heterocycles. The summed E-state index contributed by atoms with van der Waals surface area (Å²) in [6.45, 7) is 8.37. The van der Waals surface area contributed by atoms with Crippen LogP contribution in [0, 0.1) is 5.82 Å². The molecule has 1 aliphatic rings. The number of hydrogen-bond acceptors (Lipinski definition) is 3. The molecule has 18 heavy (non-hydrogen) atoms. The Kier molecular flexibility index (Phi) is 5.23. The SMILES string of the molecule is CC(C)N1CCN(c2ccc(N)c(F)c2)CC1.Cl. The first-order chi connectivity index (χ1) is 8.08. The number of piperazine rings is 1. The molecule has 0 aromatic heterocycles. The molecule has 0 spiro atoms. The van der Waals surface area contributed by atoms with Crippen molar-refractivity contribution in [2.45, 2.75) is 19.9 Å². The molecule has 1 saturated heterocycles. The summed E-state index contributed by atoms with van der Waals surface area (Å²) in [5.41, 5.74) is 6.63. The molecule has 0 saturated carbocycles. The molecular formula is C13H21ClFN3. The van der Waals surface area contributed by atoms with Crippen molar-refractivity contribution in [2.75, 3.05) is 36.8 Å². The topological polar surface area (TPSA) is 32.5 Å². The van der Waals surface area contributed by atoms with Gasteiger partial charge in [0.1, 0.15) is 5.82 Å². The number of hydrogen-bond donors (Lipinski definition) is 1. The van der Waals surface area contributed by atoms with E-state index in [-0.39, 0.29) is 23.9 Å². The number of halogens is 2. The van der Waals surface area contributed by atoms with E-state index in [9.17, 15) is 4.39 Å². The second kappa shape index (κ2) is 6.25. The Balaban J connectivity index is 0.00000162. The molecule has 1 fully saturated rings. The molecule has 1 heterocycles. The lowest BCUT2D eigenvalue weighted by Crippen LogP contribution is -2.48. The maximum Gasteiger partial charge on any atom is 0.148 e. The van der Waals surface area contributed by atoms with Gasteiger partial charge in [-0.2, -0.15) is 0 Å². The predicted octanol–water partition coefficient (Wildman–Crippen LogP) is 2.36. The van der Waals surface area contributed by atoms with Crippen LogP contribution < -0.4 is 10.6 Å². The van der Waals surface area contributed by atoms with Crippen LogP contribution in [0.4, 0.5) is 15.8 Å². The summed E-state index contributed by atoms with van der Waals surface area (Å²) < 4.78 is 13.4. The van der Waals surface area contributed by atoms with E-state index in [2.05, 4.69) is 23.6 Å². The number of rotatable bonds is 2. The normalized spacial score (nSPS) is 16.8. The van der Waals surface area contributed by atoms with E-state index < -0.39 is 0 Å². The Morgan fingerprint density at radius 2 is 1.78 bits per heavy atom. The molecule has 2 rings (SSSR count). The molecule has 3 nitrogen and oxygen atoms in total. The van der Waals surface area contributed by atoms with E-state index in [0.29, 0.717) is 6.04 Å². The summed E-state index contributed by atoms with van der Waals surface area (Å²) in [7, 11) is 0. The maximum atomic E-state index is 13.4. The van der Waals surface area contributed by atoms with Gasteiger partial charge in [-0.05, 0) is 32.0 Å². The predicted molar refractivity (Wildman–Crippen MR) is 77.0 cm³/mol. The van der Waals surface area contributed by atoms with Gasteiger partial charge >= 0.3 is 0 Å². The minimum absolute atomic E-state index is 0. The van der Waals surface area contributed by atoms with Gasteiger partial charge in [-0.1, -0.05) is 0 Å². The van der Waals surface area contributed by atoms with Crippen molar-refractivity contribution in [1.29, 1.82) is 0 Å². The monoisotopic (exact) mass is 273 g/mol. The Morgan fingerprint density at radius 1 is 1.17 bits per heavy atom. The van der Waals surface area contributed by atoms with Crippen LogP contribution in [0.3, 0.4) is 0 Å². The van der Waals surface area contributed by atoms with Crippen molar-refractivity contribution in [1.82, 2.24) is 4.90 Å². The van der Waals surface area contributed by atoms with Crippen molar-refractivity contribution in [3.63, 3.8) is 0 Å². The number of nitrogens with zero attached hydrogens (tertiary/aromatic N) is 2. The molecule has 2 N–H and O–H groups in total. The highest BCUT2D eigenvalue weighted by molar-refractivity contribution is 5.85. The minimum Gasteiger partial charge on any atom is -0.396 e. The summed E-state index contributed by atoms with van der Waals surface area (Å²) in [6.07, 6.45) is 0. The Morgan fingerprint density at radius 3 is 2.28 bits per heavy atom. The van der Waals surface area contributed by atoms with Gasteiger partial charge in [-0.3, -0.25) is 4.90 Å². The third kappa shape index (κ3) is 3.27. The summed E-state index contributed by atoms with van der Waals surface area (Å²) in [5, 5.41) is 0.